The van der Waals surface area contributed by atoms with E-state index >= 15 is 0 Å². The summed E-state index contributed by atoms with van der Waals surface area (Å²) in [6.07, 6.45) is 1.40. The minimum absolute atomic E-state index is 0.0596. The number of methoxy groups -OCH3 is 1. The first-order valence-electron chi connectivity index (χ1n) is 6.24. The fourth-order valence-corrected chi connectivity index (χ4v) is 2.45. The van der Waals surface area contributed by atoms with Crippen LogP contribution < -0.4 is 4.74 Å². The van der Waals surface area contributed by atoms with Gasteiger partial charge in [-0.25, -0.2) is 0 Å². The molecule has 18 heavy (non-hydrogen) atoms. The van der Waals surface area contributed by atoms with Crippen molar-refractivity contribution in [3.8, 4) is 5.75 Å². The van der Waals surface area contributed by atoms with Crippen molar-refractivity contribution in [1.29, 1.82) is 0 Å². The van der Waals surface area contributed by atoms with Crippen molar-refractivity contribution in [3.05, 3.63) is 29.3 Å². The molecule has 1 aliphatic rings. The summed E-state index contributed by atoms with van der Waals surface area (Å²) in [6.45, 7) is 6.32. The summed E-state index contributed by atoms with van der Waals surface area (Å²) < 4.78 is 5.52. The first-order chi connectivity index (χ1) is 8.33. The molecule has 3 nitrogen and oxygen atoms in total. The van der Waals surface area contributed by atoms with Crippen LogP contribution in [0.15, 0.2) is 18.2 Å². The number of carboxylic acids is 1. The Kier molecular flexibility index (Phi) is 2.88. The lowest BCUT2D eigenvalue weighted by atomic mass is 9.82. The fraction of sp³-hybridized carbons (Fsp3) is 0.533. The predicted molar refractivity (Wildman–Crippen MR) is 70.2 cm³/mol. The lowest BCUT2D eigenvalue weighted by Crippen LogP contribution is -2.22. The molecule has 1 fully saturated rings. The molecule has 0 aromatic heterocycles. The van der Waals surface area contributed by atoms with Gasteiger partial charge in [-0.15, -0.1) is 0 Å². The van der Waals surface area contributed by atoms with Crippen molar-refractivity contribution in [2.24, 2.45) is 0 Å². The number of hydrogen-bond donors (Lipinski definition) is 1. The number of benzene rings is 1. The standard InChI is InChI=1S/C15H20O3/c1-14(2,3)10-6-5-7-11(12(10)18-4)15(8-9-15)13(16)17/h5-7H,8-9H2,1-4H3,(H,16,17). The number of hydrogen-bond acceptors (Lipinski definition) is 2. The van der Waals surface area contributed by atoms with Crippen LogP contribution in [0.3, 0.4) is 0 Å². The van der Waals surface area contributed by atoms with Crippen LogP contribution in [0, 0.1) is 0 Å². The third-order valence-corrected chi connectivity index (χ3v) is 3.70. The monoisotopic (exact) mass is 248 g/mol. The van der Waals surface area contributed by atoms with Crippen LogP contribution in [0.5, 0.6) is 5.75 Å². The van der Waals surface area contributed by atoms with Gasteiger partial charge in [0.1, 0.15) is 5.75 Å². The third kappa shape index (κ3) is 1.88. The summed E-state index contributed by atoms with van der Waals surface area (Å²) >= 11 is 0. The van der Waals surface area contributed by atoms with E-state index in [1.54, 1.807) is 7.11 Å². The van der Waals surface area contributed by atoms with E-state index < -0.39 is 11.4 Å². The number of carbonyl (C=O) groups is 1. The molecule has 1 aromatic carbocycles. The van der Waals surface area contributed by atoms with Gasteiger partial charge in [0.05, 0.1) is 12.5 Å². The molecule has 3 heteroatoms. The highest BCUT2D eigenvalue weighted by Crippen LogP contribution is 2.53. The Bertz CT molecular complexity index is 479. The maximum absolute atomic E-state index is 11.5. The second kappa shape index (κ2) is 4.01. The van der Waals surface area contributed by atoms with Gasteiger partial charge in [0.25, 0.3) is 0 Å². The lowest BCUT2D eigenvalue weighted by Gasteiger charge is -2.25. The average molecular weight is 248 g/mol. The predicted octanol–water partition coefficient (Wildman–Crippen LogP) is 3.11. The van der Waals surface area contributed by atoms with Crippen molar-refractivity contribution >= 4 is 5.97 Å². The highest BCUT2D eigenvalue weighted by Gasteiger charge is 2.53. The molecular formula is C15H20O3. The molecule has 98 valence electrons. The number of rotatable bonds is 3. The van der Waals surface area contributed by atoms with Crippen LogP contribution in [-0.2, 0) is 15.6 Å². The topological polar surface area (TPSA) is 46.5 Å². The molecule has 0 radical (unpaired) electrons. The Labute approximate surface area is 108 Å². The molecule has 0 bridgehead atoms. The van der Waals surface area contributed by atoms with Gasteiger partial charge in [-0.3, -0.25) is 4.79 Å². The van der Waals surface area contributed by atoms with Crippen LogP contribution in [0.4, 0.5) is 0 Å². The number of ether oxygens (including phenoxy) is 1. The number of carboxylic acid groups (broad SMARTS) is 1. The zero-order valence-electron chi connectivity index (χ0n) is 11.4. The maximum Gasteiger partial charge on any atom is 0.314 e. The number of aliphatic carboxylic acids is 1. The van der Waals surface area contributed by atoms with E-state index in [1.807, 2.05) is 18.2 Å². The summed E-state index contributed by atoms with van der Waals surface area (Å²) in [7, 11) is 1.62. The number of para-hydroxylation sites is 1. The van der Waals surface area contributed by atoms with Crippen LogP contribution >= 0.6 is 0 Å². The molecule has 1 saturated carbocycles. The van der Waals surface area contributed by atoms with Crippen molar-refractivity contribution in [1.82, 2.24) is 0 Å². The summed E-state index contributed by atoms with van der Waals surface area (Å²) in [5, 5.41) is 9.42. The molecule has 1 N–H and O–H groups in total. The molecule has 0 heterocycles. The van der Waals surface area contributed by atoms with Crippen molar-refractivity contribution < 1.29 is 14.6 Å². The molecule has 0 unspecified atom stereocenters. The molecule has 0 amide bonds. The summed E-state index contributed by atoms with van der Waals surface area (Å²) in [5.74, 6) is -0.00300. The van der Waals surface area contributed by atoms with Crippen molar-refractivity contribution in [3.63, 3.8) is 0 Å². The molecule has 1 aliphatic carbocycles. The Morgan fingerprint density at radius 2 is 1.94 bits per heavy atom. The van der Waals surface area contributed by atoms with E-state index in [9.17, 15) is 9.90 Å². The Balaban J connectivity index is 2.60. The Morgan fingerprint density at radius 1 is 1.33 bits per heavy atom. The van der Waals surface area contributed by atoms with E-state index in [0.717, 1.165) is 16.9 Å². The average Bonchev–Trinajstić information content (AvgIpc) is 3.07. The highest BCUT2D eigenvalue weighted by molar-refractivity contribution is 5.86. The van der Waals surface area contributed by atoms with Gasteiger partial charge in [0.2, 0.25) is 0 Å². The minimum atomic E-state index is -0.744. The maximum atomic E-state index is 11.5. The normalized spacial score (nSPS) is 17.3. The zero-order valence-corrected chi connectivity index (χ0v) is 11.4. The van der Waals surface area contributed by atoms with Crippen LogP contribution in [-0.4, -0.2) is 18.2 Å². The van der Waals surface area contributed by atoms with Gasteiger partial charge in [0.15, 0.2) is 0 Å². The molecular weight excluding hydrogens is 228 g/mol. The minimum Gasteiger partial charge on any atom is -0.496 e. The van der Waals surface area contributed by atoms with Crippen LogP contribution in [0.2, 0.25) is 0 Å². The highest BCUT2D eigenvalue weighted by atomic mass is 16.5. The van der Waals surface area contributed by atoms with E-state index in [1.165, 1.54) is 0 Å². The SMILES string of the molecule is COc1c(C(C)(C)C)cccc1C1(C(=O)O)CC1. The smallest absolute Gasteiger partial charge is 0.314 e. The zero-order chi connectivity index (χ0) is 13.6. The molecule has 0 saturated heterocycles. The largest absolute Gasteiger partial charge is 0.496 e. The van der Waals surface area contributed by atoms with Gasteiger partial charge in [0, 0.05) is 5.56 Å². The first-order valence-corrected chi connectivity index (χ1v) is 6.24. The molecule has 0 aliphatic heterocycles. The van der Waals surface area contributed by atoms with E-state index in [2.05, 4.69) is 20.8 Å². The van der Waals surface area contributed by atoms with E-state index in [4.69, 9.17) is 4.74 Å². The fourth-order valence-electron chi connectivity index (χ4n) is 2.45. The lowest BCUT2D eigenvalue weighted by molar-refractivity contribution is -0.140. The quantitative estimate of drug-likeness (QED) is 0.894. The Hall–Kier alpha value is -1.51. The van der Waals surface area contributed by atoms with Gasteiger partial charge >= 0.3 is 5.97 Å². The molecule has 2 rings (SSSR count). The second-order valence-corrected chi connectivity index (χ2v) is 6.02. The Morgan fingerprint density at radius 3 is 2.33 bits per heavy atom. The summed E-state index contributed by atoms with van der Waals surface area (Å²) in [4.78, 5) is 11.5. The second-order valence-electron chi connectivity index (χ2n) is 6.02. The van der Waals surface area contributed by atoms with Crippen LogP contribution in [0.25, 0.3) is 0 Å². The summed E-state index contributed by atoms with van der Waals surface area (Å²) in [5.41, 5.74) is 1.11. The molecule has 1 aromatic rings. The van der Waals surface area contributed by atoms with Crippen molar-refractivity contribution in [2.75, 3.05) is 7.11 Å². The van der Waals surface area contributed by atoms with Gasteiger partial charge in [-0.05, 0) is 23.8 Å². The third-order valence-electron chi connectivity index (χ3n) is 3.70. The van der Waals surface area contributed by atoms with Gasteiger partial charge < -0.3 is 9.84 Å². The van der Waals surface area contributed by atoms with E-state index in [0.29, 0.717) is 12.8 Å². The molecule has 0 atom stereocenters. The van der Waals surface area contributed by atoms with Gasteiger partial charge in [-0.2, -0.15) is 0 Å². The first kappa shape index (κ1) is 12.9. The van der Waals surface area contributed by atoms with Crippen molar-refractivity contribution in [2.45, 2.75) is 44.4 Å². The van der Waals surface area contributed by atoms with Crippen LogP contribution in [0.1, 0.15) is 44.7 Å². The molecule has 0 spiro atoms. The van der Waals surface area contributed by atoms with Gasteiger partial charge in [-0.1, -0.05) is 39.0 Å². The van der Waals surface area contributed by atoms with E-state index in [-0.39, 0.29) is 5.41 Å². The summed E-state index contributed by atoms with van der Waals surface area (Å²) in [6, 6.07) is 5.83.